The fourth-order valence-corrected chi connectivity index (χ4v) is 1.95. The average Bonchev–Trinajstić information content (AvgIpc) is 2.67. The van der Waals surface area contributed by atoms with Gasteiger partial charge < -0.3 is 0 Å². The molecule has 0 aliphatic heterocycles. The minimum atomic E-state index is 0.675. The van der Waals surface area contributed by atoms with Crippen LogP contribution in [0.1, 0.15) is 11.1 Å². The van der Waals surface area contributed by atoms with E-state index in [0.717, 1.165) is 13.2 Å². The fraction of sp³-hybridized carbons (Fsp3) is 0.308. The highest BCUT2D eigenvalue weighted by atomic mass is 35.5. The van der Waals surface area contributed by atoms with Gasteiger partial charge in [-0.2, -0.15) is 5.10 Å². The number of rotatable bonds is 4. The Morgan fingerprint density at radius 1 is 1.35 bits per heavy atom. The summed E-state index contributed by atoms with van der Waals surface area (Å²) < 4.78 is 1.83. The van der Waals surface area contributed by atoms with Crippen molar-refractivity contribution in [1.29, 1.82) is 0 Å². The third-order valence-electron chi connectivity index (χ3n) is 2.69. The second kappa shape index (κ2) is 5.34. The first kappa shape index (κ1) is 12.1. The Balaban J connectivity index is 1.98. The molecule has 1 heterocycles. The van der Waals surface area contributed by atoms with Crippen molar-refractivity contribution in [1.82, 2.24) is 14.7 Å². The van der Waals surface area contributed by atoms with E-state index in [1.807, 2.05) is 10.9 Å². The van der Waals surface area contributed by atoms with Gasteiger partial charge in [0, 0.05) is 12.7 Å². The van der Waals surface area contributed by atoms with Gasteiger partial charge >= 0.3 is 0 Å². The molecule has 0 radical (unpaired) electrons. The predicted molar refractivity (Wildman–Crippen MR) is 69.9 cm³/mol. The van der Waals surface area contributed by atoms with E-state index in [-0.39, 0.29) is 0 Å². The topological polar surface area (TPSA) is 21.1 Å². The van der Waals surface area contributed by atoms with Crippen molar-refractivity contribution < 1.29 is 0 Å². The summed E-state index contributed by atoms with van der Waals surface area (Å²) in [6.07, 6.45) is 3.49. The van der Waals surface area contributed by atoms with E-state index >= 15 is 0 Å². The maximum absolute atomic E-state index is 5.83. The minimum absolute atomic E-state index is 0.675. The molecule has 90 valence electrons. The summed E-state index contributed by atoms with van der Waals surface area (Å²) in [5, 5.41) is 4.84. The van der Waals surface area contributed by atoms with Gasteiger partial charge in [-0.25, -0.2) is 0 Å². The van der Waals surface area contributed by atoms with Crippen LogP contribution in [0.15, 0.2) is 36.7 Å². The van der Waals surface area contributed by atoms with Crippen LogP contribution in [0.25, 0.3) is 0 Å². The lowest BCUT2D eigenvalue weighted by molar-refractivity contribution is 0.246. The lowest BCUT2D eigenvalue weighted by atomic mass is 10.1. The highest BCUT2D eigenvalue weighted by Crippen LogP contribution is 2.10. The van der Waals surface area contributed by atoms with Crippen molar-refractivity contribution in [3.63, 3.8) is 0 Å². The van der Waals surface area contributed by atoms with Gasteiger partial charge in [0.2, 0.25) is 0 Å². The Kier molecular flexibility index (Phi) is 3.82. The van der Waals surface area contributed by atoms with Crippen LogP contribution in [0.2, 0.25) is 5.02 Å². The lowest BCUT2D eigenvalue weighted by Crippen LogP contribution is -2.22. The molecule has 0 unspecified atom stereocenters. The first-order valence-electron chi connectivity index (χ1n) is 5.56. The molecular formula is C13H16ClN3. The minimum Gasteiger partial charge on any atom is -0.283 e. The van der Waals surface area contributed by atoms with Crippen molar-refractivity contribution >= 4 is 11.6 Å². The monoisotopic (exact) mass is 249 g/mol. The van der Waals surface area contributed by atoms with Gasteiger partial charge in [0.1, 0.15) is 0 Å². The van der Waals surface area contributed by atoms with E-state index < -0.39 is 0 Å². The standard InChI is InChI=1S/C13H16ClN3/c1-11-5-3-4-6-12(11)8-16(2)10-17-9-13(14)7-15-17/h3-7,9H,8,10H2,1-2H3. The number of hydrogen-bond donors (Lipinski definition) is 0. The third kappa shape index (κ3) is 3.32. The summed E-state index contributed by atoms with van der Waals surface area (Å²) in [5.41, 5.74) is 2.66. The van der Waals surface area contributed by atoms with Gasteiger partial charge in [0.15, 0.2) is 0 Å². The third-order valence-corrected chi connectivity index (χ3v) is 2.88. The Labute approximate surface area is 107 Å². The fourth-order valence-electron chi connectivity index (χ4n) is 1.79. The van der Waals surface area contributed by atoms with Crippen molar-refractivity contribution in [2.45, 2.75) is 20.1 Å². The van der Waals surface area contributed by atoms with Crippen molar-refractivity contribution in [2.24, 2.45) is 0 Å². The number of halogens is 1. The normalized spacial score (nSPS) is 11.1. The average molecular weight is 250 g/mol. The summed E-state index contributed by atoms with van der Waals surface area (Å²) in [6, 6.07) is 8.42. The van der Waals surface area contributed by atoms with Crippen LogP contribution < -0.4 is 0 Å². The van der Waals surface area contributed by atoms with Gasteiger partial charge in [-0.3, -0.25) is 9.58 Å². The first-order chi connectivity index (χ1) is 8.15. The largest absolute Gasteiger partial charge is 0.283 e. The molecule has 1 aromatic carbocycles. The molecule has 0 fully saturated rings. The van der Waals surface area contributed by atoms with E-state index in [0.29, 0.717) is 5.02 Å². The molecule has 17 heavy (non-hydrogen) atoms. The zero-order chi connectivity index (χ0) is 12.3. The van der Waals surface area contributed by atoms with E-state index in [4.69, 9.17) is 11.6 Å². The molecule has 0 amide bonds. The smallest absolute Gasteiger partial charge is 0.0929 e. The molecule has 0 spiro atoms. The van der Waals surface area contributed by atoms with Crippen LogP contribution in [0.3, 0.4) is 0 Å². The Morgan fingerprint density at radius 2 is 2.12 bits per heavy atom. The number of hydrogen-bond acceptors (Lipinski definition) is 2. The molecule has 4 heteroatoms. The molecule has 0 bridgehead atoms. The lowest BCUT2D eigenvalue weighted by Gasteiger charge is -2.17. The van der Waals surface area contributed by atoms with Crippen molar-refractivity contribution in [3.05, 3.63) is 52.8 Å². The molecule has 0 N–H and O–H groups in total. The molecule has 0 saturated carbocycles. The van der Waals surface area contributed by atoms with Gasteiger partial charge in [0.05, 0.1) is 17.9 Å². The first-order valence-corrected chi connectivity index (χ1v) is 5.94. The van der Waals surface area contributed by atoms with Gasteiger partial charge in [-0.05, 0) is 25.1 Å². The zero-order valence-corrected chi connectivity index (χ0v) is 10.9. The van der Waals surface area contributed by atoms with Crippen LogP contribution in [-0.2, 0) is 13.2 Å². The molecule has 2 rings (SSSR count). The summed E-state index contributed by atoms with van der Waals surface area (Å²) in [7, 11) is 2.07. The molecule has 1 aromatic heterocycles. The second-order valence-electron chi connectivity index (χ2n) is 4.28. The van der Waals surface area contributed by atoms with Crippen LogP contribution in [-0.4, -0.2) is 21.7 Å². The van der Waals surface area contributed by atoms with Crippen LogP contribution in [0.5, 0.6) is 0 Å². The summed E-state index contributed by atoms with van der Waals surface area (Å²) >= 11 is 5.83. The van der Waals surface area contributed by atoms with Gasteiger partial charge in [-0.1, -0.05) is 35.9 Å². The summed E-state index contributed by atoms with van der Waals surface area (Å²) in [4.78, 5) is 2.20. The second-order valence-corrected chi connectivity index (χ2v) is 4.72. The van der Waals surface area contributed by atoms with Crippen LogP contribution >= 0.6 is 11.6 Å². The number of aryl methyl sites for hydroxylation is 1. The van der Waals surface area contributed by atoms with Crippen LogP contribution in [0.4, 0.5) is 0 Å². The predicted octanol–water partition coefficient (Wildman–Crippen LogP) is 2.93. The number of benzene rings is 1. The molecule has 0 saturated heterocycles. The highest BCUT2D eigenvalue weighted by Gasteiger charge is 2.04. The van der Waals surface area contributed by atoms with E-state index in [2.05, 4.69) is 48.2 Å². The van der Waals surface area contributed by atoms with E-state index in [9.17, 15) is 0 Å². The van der Waals surface area contributed by atoms with Gasteiger partial charge in [0.25, 0.3) is 0 Å². The maximum Gasteiger partial charge on any atom is 0.0929 e. The zero-order valence-electron chi connectivity index (χ0n) is 10.1. The highest BCUT2D eigenvalue weighted by molar-refractivity contribution is 6.30. The molecule has 0 aliphatic rings. The van der Waals surface area contributed by atoms with Crippen molar-refractivity contribution in [3.8, 4) is 0 Å². The van der Waals surface area contributed by atoms with E-state index in [1.54, 1.807) is 6.20 Å². The summed E-state index contributed by atoms with van der Waals surface area (Å²) in [6.45, 7) is 3.78. The molecule has 2 aromatic rings. The molecule has 0 aliphatic carbocycles. The molecule has 0 atom stereocenters. The quantitative estimate of drug-likeness (QED) is 0.831. The van der Waals surface area contributed by atoms with Crippen LogP contribution in [0, 0.1) is 6.92 Å². The Morgan fingerprint density at radius 3 is 2.76 bits per heavy atom. The molecular weight excluding hydrogens is 234 g/mol. The number of aromatic nitrogens is 2. The number of nitrogens with zero attached hydrogens (tertiary/aromatic N) is 3. The van der Waals surface area contributed by atoms with E-state index in [1.165, 1.54) is 11.1 Å². The summed E-state index contributed by atoms with van der Waals surface area (Å²) in [5.74, 6) is 0. The Hall–Kier alpha value is -1.32. The maximum atomic E-state index is 5.83. The van der Waals surface area contributed by atoms with Crippen molar-refractivity contribution in [2.75, 3.05) is 7.05 Å². The van der Waals surface area contributed by atoms with Gasteiger partial charge in [-0.15, -0.1) is 0 Å². The Bertz CT molecular complexity index is 493. The SMILES string of the molecule is Cc1ccccc1CN(C)Cn1cc(Cl)cn1. The molecule has 3 nitrogen and oxygen atoms in total.